The summed E-state index contributed by atoms with van der Waals surface area (Å²) in [6.45, 7) is 4.13. The van der Waals surface area contributed by atoms with E-state index in [2.05, 4.69) is 4.90 Å². The zero-order valence-electron chi connectivity index (χ0n) is 15.9. The van der Waals surface area contributed by atoms with Crippen LogP contribution in [0, 0.1) is 0 Å². The minimum atomic E-state index is -0.216. The van der Waals surface area contributed by atoms with E-state index >= 15 is 0 Å². The average Bonchev–Trinajstić information content (AvgIpc) is 2.92. The molecule has 0 spiro atoms. The first-order chi connectivity index (χ1) is 13.0. The van der Waals surface area contributed by atoms with E-state index < -0.39 is 0 Å². The summed E-state index contributed by atoms with van der Waals surface area (Å²) in [6, 6.07) is 12.8. The number of carbonyl (C=O) groups excluding carboxylic acids is 2. The van der Waals surface area contributed by atoms with Crippen molar-refractivity contribution in [3.8, 4) is 11.5 Å². The number of fused-ring (bicyclic) bond motifs is 1. The second-order valence-corrected chi connectivity index (χ2v) is 6.46. The first-order valence-electron chi connectivity index (χ1n) is 8.98. The molecule has 3 rings (SSSR count). The highest BCUT2D eigenvalue weighted by atomic mass is 16.5. The van der Waals surface area contributed by atoms with Gasteiger partial charge in [0.25, 0.3) is 11.8 Å². The Bertz CT molecular complexity index is 815. The van der Waals surface area contributed by atoms with Crippen molar-refractivity contribution < 1.29 is 19.1 Å². The lowest BCUT2D eigenvalue weighted by atomic mass is 10.1. The molecule has 27 heavy (non-hydrogen) atoms. The molecule has 0 N–H and O–H groups in total. The van der Waals surface area contributed by atoms with Crippen LogP contribution in [0.4, 0.5) is 0 Å². The molecule has 2 amide bonds. The number of nitrogens with zero attached hydrogens (tertiary/aromatic N) is 2. The van der Waals surface area contributed by atoms with Gasteiger partial charge < -0.3 is 14.4 Å². The molecule has 2 aromatic rings. The van der Waals surface area contributed by atoms with Crippen molar-refractivity contribution in [2.75, 3.05) is 33.9 Å². The van der Waals surface area contributed by atoms with Crippen molar-refractivity contribution in [2.45, 2.75) is 13.5 Å². The third kappa shape index (κ3) is 3.95. The van der Waals surface area contributed by atoms with Gasteiger partial charge in [0.2, 0.25) is 0 Å². The monoisotopic (exact) mass is 368 g/mol. The maximum absolute atomic E-state index is 12.4. The van der Waals surface area contributed by atoms with Crippen molar-refractivity contribution in [3.63, 3.8) is 0 Å². The van der Waals surface area contributed by atoms with Crippen molar-refractivity contribution in [1.82, 2.24) is 9.80 Å². The Morgan fingerprint density at radius 2 is 1.67 bits per heavy atom. The Hall–Kier alpha value is -2.86. The van der Waals surface area contributed by atoms with Crippen molar-refractivity contribution in [1.29, 1.82) is 0 Å². The van der Waals surface area contributed by atoms with Gasteiger partial charge in [-0.25, -0.2) is 0 Å². The zero-order chi connectivity index (χ0) is 19.4. The Morgan fingerprint density at radius 1 is 1.00 bits per heavy atom. The molecule has 1 heterocycles. The van der Waals surface area contributed by atoms with Crippen LogP contribution in [0.15, 0.2) is 42.5 Å². The number of ether oxygens (including phenoxy) is 2. The summed E-state index contributed by atoms with van der Waals surface area (Å²) in [5, 5.41) is 0. The lowest BCUT2D eigenvalue weighted by Gasteiger charge is -2.21. The maximum Gasteiger partial charge on any atom is 0.261 e. The second kappa shape index (κ2) is 8.22. The Labute approximate surface area is 159 Å². The van der Waals surface area contributed by atoms with Gasteiger partial charge in [0.15, 0.2) is 11.5 Å². The quantitative estimate of drug-likeness (QED) is 0.671. The number of methoxy groups -OCH3 is 1. The number of rotatable bonds is 8. The van der Waals surface area contributed by atoms with E-state index in [1.165, 1.54) is 4.90 Å². The fourth-order valence-electron chi connectivity index (χ4n) is 3.19. The first-order valence-corrected chi connectivity index (χ1v) is 8.98. The van der Waals surface area contributed by atoms with Gasteiger partial charge in [-0.2, -0.15) is 0 Å². The van der Waals surface area contributed by atoms with Crippen LogP contribution in [0.2, 0.25) is 0 Å². The number of amides is 2. The molecule has 0 bridgehead atoms. The predicted molar refractivity (Wildman–Crippen MR) is 102 cm³/mol. The standard InChI is InChI=1S/C21H24N2O4/c1-4-27-18-10-9-15(13-19(18)26-3)14-22(2)11-12-23-20(24)16-7-5-6-8-17(16)21(23)25/h5-10,13H,4,11-12,14H2,1-3H3. The molecule has 0 aliphatic carbocycles. The van der Waals surface area contributed by atoms with Crippen molar-refractivity contribution in [2.24, 2.45) is 0 Å². The lowest BCUT2D eigenvalue weighted by molar-refractivity contribution is 0.0640. The second-order valence-electron chi connectivity index (χ2n) is 6.46. The lowest BCUT2D eigenvalue weighted by Crippen LogP contribution is -2.36. The molecular formula is C21H24N2O4. The predicted octanol–water partition coefficient (Wildman–Crippen LogP) is 2.82. The molecule has 0 saturated heterocycles. The van der Waals surface area contributed by atoms with Gasteiger partial charge in [-0.05, 0) is 43.8 Å². The molecule has 142 valence electrons. The molecular weight excluding hydrogens is 344 g/mol. The summed E-state index contributed by atoms with van der Waals surface area (Å²) in [5.74, 6) is 0.985. The molecule has 0 radical (unpaired) electrons. The van der Waals surface area contributed by atoms with Gasteiger partial charge >= 0.3 is 0 Å². The summed E-state index contributed by atoms with van der Waals surface area (Å²) < 4.78 is 10.9. The van der Waals surface area contributed by atoms with E-state index in [0.717, 1.165) is 11.3 Å². The van der Waals surface area contributed by atoms with Gasteiger partial charge in [-0.1, -0.05) is 18.2 Å². The Kier molecular flexibility index (Phi) is 5.76. The van der Waals surface area contributed by atoms with Crippen LogP contribution in [0.5, 0.6) is 11.5 Å². The minimum absolute atomic E-state index is 0.216. The first kappa shape index (κ1) is 18.9. The molecule has 1 aliphatic heterocycles. The van der Waals surface area contributed by atoms with Gasteiger partial charge in [-0.3, -0.25) is 14.5 Å². The van der Waals surface area contributed by atoms with E-state index in [9.17, 15) is 9.59 Å². The Morgan fingerprint density at radius 3 is 2.26 bits per heavy atom. The van der Waals surface area contributed by atoms with Gasteiger partial charge in [-0.15, -0.1) is 0 Å². The van der Waals surface area contributed by atoms with E-state index in [-0.39, 0.29) is 11.8 Å². The molecule has 0 fully saturated rings. The van der Waals surface area contributed by atoms with Crippen LogP contribution in [-0.4, -0.2) is 55.5 Å². The smallest absolute Gasteiger partial charge is 0.261 e. The Balaban J connectivity index is 1.60. The summed E-state index contributed by atoms with van der Waals surface area (Å²) in [5.41, 5.74) is 2.04. The van der Waals surface area contributed by atoms with Crippen LogP contribution >= 0.6 is 0 Å². The molecule has 6 heteroatoms. The van der Waals surface area contributed by atoms with Crippen LogP contribution in [0.1, 0.15) is 33.2 Å². The van der Waals surface area contributed by atoms with E-state index in [1.807, 2.05) is 32.2 Å². The third-order valence-electron chi connectivity index (χ3n) is 4.56. The summed E-state index contributed by atoms with van der Waals surface area (Å²) in [7, 11) is 3.58. The van der Waals surface area contributed by atoms with Crippen molar-refractivity contribution in [3.05, 3.63) is 59.2 Å². The highest BCUT2D eigenvalue weighted by Crippen LogP contribution is 2.28. The number of likely N-dealkylation sites (N-methyl/N-ethyl adjacent to an activating group) is 1. The van der Waals surface area contributed by atoms with Crippen molar-refractivity contribution >= 4 is 11.8 Å². The number of benzene rings is 2. The molecule has 0 atom stereocenters. The molecule has 2 aromatic carbocycles. The summed E-state index contributed by atoms with van der Waals surface area (Å²) >= 11 is 0. The summed E-state index contributed by atoms with van der Waals surface area (Å²) in [6.07, 6.45) is 0. The molecule has 6 nitrogen and oxygen atoms in total. The third-order valence-corrected chi connectivity index (χ3v) is 4.56. The van der Waals surface area contributed by atoms with E-state index in [4.69, 9.17) is 9.47 Å². The summed E-state index contributed by atoms with van der Waals surface area (Å²) in [4.78, 5) is 28.2. The highest BCUT2D eigenvalue weighted by Gasteiger charge is 2.34. The zero-order valence-corrected chi connectivity index (χ0v) is 15.9. The van der Waals surface area contributed by atoms with Crippen LogP contribution < -0.4 is 9.47 Å². The number of hydrogen-bond donors (Lipinski definition) is 0. The van der Waals surface area contributed by atoms with E-state index in [0.29, 0.717) is 43.1 Å². The maximum atomic E-state index is 12.4. The largest absolute Gasteiger partial charge is 0.493 e. The number of carbonyl (C=O) groups is 2. The fraction of sp³-hybridized carbons (Fsp3) is 0.333. The fourth-order valence-corrected chi connectivity index (χ4v) is 3.19. The molecule has 1 aliphatic rings. The van der Waals surface area contributed by atoms with Crippen LogP contribution in [-0.2, 0) is 6.54 Å². The van der Waals surface area contributed by atoms with Crippen LogP contribution in [0.3, 0.4) is 0 Å². The van der Waals surface area contributed by atoms with Crippen LogP contribution in [0.25, 0.3) is 0 Å². The van der Waals surface area contributed by atoms with Gasteiger partial charge in [0.1, 0.15) is 0 Å². The van der Waals surface area contributed by atoms with Gasteiger partial charge in [0, 0.05) is 19.6 Å². The number of hydrogen-bond acceptors (Lipinski definition) is 5. The molecule has 0 unspecified atom stereocenters. The normalized spacial score (nSPS) is 13.3. The number of imide groups is 1. The topological polar surface area (TPSA) is 59.1 Å². The molecule has 0 aromatic heterocycles. The van der Waals surface area contributed by atoms with Gasteiger partial charge in [0.05, 0.1) is 24.8 Å². The molecule has 0 saturated carbocycles. The van der Waals surface area contributed by atoms with E-state index in [1.54, 1.807) is 31.4 Å². The minimum Gasteiger partial charge on any atom is -0.493 e. The highest BCUT2D eigenvalue weighted by molar-refractivity contribution is 6.21. The SMILES string of the molecule is CCOc1ccc(CN(C)CCN2C(=O)c3ccccc3C2=O)cc1OC. The average molecular weight is 368 g/mol.